The Morgan fingerprint density at radius 1 is 1.13 bits per heavy atom. The lowest BCUT2D eigenvalue weighted by Crippen LogP contribution is -2.38. The van der Waals surface area contributed by atoms with Gasteiger partial charge in [-0.25, -0.2) is 4.98 Å². The molecule has 1 N–H and O–H groups in total. The number of thiazole rings is 1. The molecule has 1 aromatic heterocycles. The number of hydrogen-bond donors (Lipinski definition) is 1. The Hall–Kier alpha value is -2.57. The first-order chi connectivity index (χ1) is 14.6. The number of halogens is 1. The number of aromatic hydroxyl groups is 1. The molecule has 7 heteroatoms. The molecule has 0 bridgehead atoms. The third-order valence-electron chi connectivity index (χ3n) is 5.32. The van der Waals surface area contributed by atoms with Crippen LogP contribution in [0.25, 0.3) is 0 Å². The summed E-state index contributed by atoms with van der Waals surface area (Å²) in [4.78, 5) is 19.2. The van der Waals surface area contributed by atoms with Crippen LogP contribution in [0.15, 0.2) is 53.9 Å². The maximum absolute atomic E-state index is 12.7. The lowest BCUT2D eigenvalue weighted by Gasteiger charge is -2.32. The molecule has 1 aliphatic rings. The summed E-state index contributed by atoms with van der Waals surface area (Å²) < 4.78 is 5.72. The highest BCUT2D eigenvalue weighted by atomic mass is 35.5. The van der Waals surface area contributed by atoms with Crippen molar-refractivity contribution in [2.75, 3.05) is 13.1 Å². The fourth-order valence-corrected chi connectivity index (χ4v) is 4.48. The second-order valence-corrected chi connectivity index (χ2v) is 8.78. The van der Waals surface area contributed by atoms with E-state index in [2.05, 4.69) is 4.98 Å². The smallest absolute Gasteiger partial charge is 0.228 e. The fourth-order valence-electron chi connectivity index (χ4n) is 3.65. The minimum atomic E-state index is 0.120. The van der Waals surface area contributed by atoms with Crippen molar-refractivity contribution < 1.29 is 14.6 Å². The Kier molecular flexibility index (Phi) is 6.55. The molecular formula is C23H23ClN2O3S. The average molecular weight is 443 g/mol. The highest BCUT2D eigenvalue weighted by molar-refractivity contribution is 7.09. The number of phenolic OH excluding ortho intramolecular Hbond substituents is 1. The van der Waals surface area contributed by atoms with Gasteiger partial charge in [0.05, 0.1) is 12.1 Å². The molecule has 2 heterocycles. The third kappa shape index (κ3) is 5.32. The van der Waals surface area contributed by atoms with E-state index in [-0.39, 0.29) is 11.7 Å². The molecule has 0 saturated carbocycles. The number of carbonyl (C=O) groups is 1. The number of likely N-dealkylation sites (tertiary alicyclic amines) is 1. The summed E-state index contributed by atoms with van der Waals surface area (Å²) in [6, 6.07) is 14.6. The predicted octanol–water partition coefficient (Wildman–Crippen LogP) is 5.03. The van der Waals surface area contributed by atoms with Gasteiger partial charge in [-0.05, 0) is 60.7 Å². The van der Waals surface area contributed by atoms with Crippen molar-refractivity contribution >= 4 is 28.8 Å². The molecule has 5 nitrogen and oxygen atoms in total. The molecule has 1 amide bonds. The first-order valence-corrected chi connectivity index (χ1v) is 11.2. The van der Waals surface area contributed by atoms with Crippen LogP contribution in [0.4, 0.5) is 0 Å². The van der Waals surface area contributed by atoms with Gasteiger partial charge in [-0.3, -0.25) is 4.79 Å². The van der Waals surface area contributed by atoms with Crippen LogP contribution in [0.2, 0.25) is 5.02 Å². The van der Waals surface area contributed by atoms with Crippen LogP contribution in [-0.4, -0.2) is 34.0 Å². The second kappa shape index (κ2) is 9.49. The van der Waals surface area contributed by atoms with Crippen molar-refractivity contribution in [1.29, 1.82) is 0 Å². The minimum absolute atomic E-state index is 0.120. The predicted molar refractivity (Wildman–Crippen MR) is 118 cm³/mol. The largest absolute Gasteiger partial charge is 0.508 e. The summed E-state index contributed by atoms with van der Waals surface area (Å²) in [7, 11) is 0. The number of nitrogens with zero attached hydrogens (tertiary/aromatic N) is 2. The monoisotopic (exact) mass is 442 g/mol. The molecule has 0 atom stereocenters. The van der Waals surface area contributed by atoms with Crippen LogP contribution in [0.1, 0.15) is 35.0 Å². The van der Waals surface area contributed by atoms with Gasteiger partial charge in [-0.1, -0.05) is 23.7 Å². The number of hydrogen-bond acceptors (Lipinski definition) is 5. The first kappa shape index (κ1) is 20.7. The molecular weight excluding hydrogens is 420 g/mol. The number of piperidine rings is 1. The highest BCUT2D eigenvalue weighted by Gasteiger charge is 2.24. The lowest BCUT2D eigenvalue weighted by molar-refractivity contribution is -0.131. The first-order valence-electron chi connectivity index (χ1n) is 9.95. The van der Waals surface area contributed by atoms with Crippen molar-refractivity contribution in [3.63, 3.8) is 0 Å². The van der Waals surface area contributed by atoms with E-state index in [0.29, 0.717) is 24.0 Å². The molecule has 0 radical (unpaired) electrons. The normalized spacial score (nSPS) is 14.6. The Labute approximate surface area is 184 Å². The van der Waals surface area contributed by atoms with Gasteiger partial charge in [0.15, 0.2) is 0 Å². The maximum atomic E-state index is 12.7. The van der Waals surface area contributed by atoms with Crippen LogP contribution in [0.3, 0.4) is 0 Å². The Balaban J connectivity index is 1.25. The standard InChI is InChI=1S/C23H23ClN2O3S/c24-18-3-7-21(8-4-18)29-14-22-25-19(15-30-22)13-23(28)26-11-9-17(10-12-26)16-1-5-20(27)6-2-16/h1-8,15,17,27H,9-14H2. The van der Waals surface area contributed by atoms with E-state index in [1.165, 1.54) is 16.9 Å². The number of rotatable bonds is 6. The molecule has 0 aliphatic carbocycles. The van der Waals surface area contributed by atoms with E-state index >= 15 is 0 Å². The van der Waals surface area contributed by atoms with Crippen LogP contribution in [0, 0.1) is 0 Å². The Bertz CT molecular complexity index is 980. The number of carbonyl (C=O) groups excluding carboxylic acids is 1. The zero-order valence-electron chi connectivity index (χ0n) is 16.5. The molecule has 0 unspecified atom stereocenters. The maximum Gasteiger partial charge on any atom is 0.228 e. The molecule has 4 rings (SSSR count). The van der Waals surface area contributed by atoms with E-state index in [4.69, 9.17) is 16.3 Å². The van der Waals surface area contributed by atoms with E-state index in [1.807, 2.05) is 34.5 Å². The summed E-state index contributed by atoms with van der Waals surface area (Å²) >= 11 is 7.38. The second-order valence-electron chi connectivity index (χ2n) is 7.40. The van der Waals surface area contributed by atoms with E-state index in [9.17, 15) is 9.90 Å². The van der Waals surface area contributed by atoms with E-state index in [0.717, 1.165) is 42.4 Å². The highest BCUT2D eigenvalue weighted by Crippen LogP contribution is 2.29. The molecule has 1 fully saturated rings. The van der Waals surface area contributed by atoms with Crippen molar-refractivity contribution in [3.05, 3.63) is 75.2 Å². The average Bonchev–Trinajstić information content (AvgIpc) is 3.21. The lowest BCUT2D eigenvalue weighted by atomic mass is 9.89. The molecule has 1 saturated heterocycles. The minimum Gasteiger partial charge on any atom is -0.508 e. The van der Waals surface area contributed by atoms with Gasteiger partial charge in [0.25, 0.3) is 0 Å². The zero-order valence-corrected chi connectivity index (χ0v) is 18.0. The van der Waals surface area contributed by atoms with E-state index in [1.54, 1.807) is 24.3 Å². The summed E-state index contributed by atoms with van der Waals surface area (Å²) in [6.45, 7) is 1.88. The van der Waals surface area contributed by atoms with Gasteiger partial charge >= 0.3 is 0 Å². The Morgan fingerprint density at radius 3 is 2.53 bits per heavy atom. The molecule has 1 aliphatic heterocycles. The SMILES string of the molecule is O=C(Cc1csc(COc2ccc(Cl)cc2)n1)N1CCC(c2ccc(O)cc2)CC1. The van der Waals surface area contributed by atoms with E-state index < -0.39 is 0 Å². The van der Waals surface area contributed by atoms with Gasteiger partial charge in [0.2, 0.25) is 5.91 Å². The molecule has 0 spiro atoms. The molecule has 3 aromatic rings. The van der Waals surface area contributed by atoms with Gasteiger partial charge in [-0.15, -0.1) is 11.3 Å². The summed E-state index contributed by atoms with van der Waals surface area (Å²) in [6.07, 6.45) is 2.20. The number of ether oxygens (including phenoxy) is 1. The van der Waals surface area contributed by atoms with Crippen molar-refractivity contribution in [2.24, 2.45) is 0 Å². The Morgan fingerprint density at radius 2 is 1.83 bits per heavy atom. The van der Waals surface area contributed by atoms with Gasteiger partial charge in [0.1, 0.15) is 23.1 Å². The van der Waals surface area contributed by atoms with Crippen molar-refractivity contribution in [1.82, 2.24) is 9.88 Å². The number of benzene rings is 2. The van der Waals surface area contributed by atoms with Gasteiger partial charge < -0.3 is 14.7 Å². The summed E-state index contributed by atoms with van der Waals surface area (Å²) in [5.41, 5.74) is 2.02. The van der Waals surface area contributed by atoms with Crippen molar-refractivity contribution in [3.8, 4) is 11.5 Å². The fraction of sp³-hybridized carbons (Fsp3) is 0.304. The number of aromatic nitrogens is 1. The van der Waals surface area contributed by atoms with Crippen LogP contribution in [-0.2, 0) is 17.8 Å². The topological polar surface area (TPSA) is 62.7 Å². The van der Waals surface area contributed by atoms with Gasteiger partial charge in [-0.2, -0.15) is 0 Å². The quantitative estimate of drug-likeness (QED) is 0.581. The van der Waals surface area contributed by atoms with Crippen LogP contribution in [0.5, 0.6) is 11.5 Å². The van der Waals surface area contributed by atoms with Gasteiger partial charge in [0, 0.05) is 23.5 Å². The third-order valence-corrected chi connectivity index (χ3v) is 6.44. The van der Waals surface area contributed by atoms with Crippen LogP contribution < -0.4 is 4.74 Å². The molecule has 2 aromatic carbocycles. The number of amides is 1. The number of phenols is 1. The molecule has 30 heavy (non-hydrogen) atoms. The summed E-state index contributed by atoms with van der Waals surface area (Å²) in [5, 5.41) is 12.9. The van der Waals surface area contributed by atoms with Crippen molar-refractivity contribution in [2.45, 2.75) is 31.8 Å². The molecule has 156 valence electrons. The van der Waals surface area contributed by atoms with Crippen LogP contribution >= 0.6 is 22.9 Å². The zero-order chi connectivity index (χ0) is 20.9. The summed E-state index contributed by atoms with van der Waals surface area (Å²) in [5.74, 6) is 1.58.